The average molecular weight is 465 g/mol. The van der Waals surface area contributed by atoms with Crippen molar-refractivity contribution in [3.05, 3.63) is 130 Å². The van der Waals surface area contributed by atoms with Gasteiger partial charge in [0.2, 0.25) is 0 Å². The van der Waals surface area contributed by atoms with Crippen molar-refractivity contribution in [2.24, 2.45) is 10.1 Å². The molecule has 0 bridgehead atoms. The molecule has 5 rings (SSSR count). The largest absolute Gasteiger partial charge is 0.322 e. The summed E-state index contributed by atoms with van der Waals surface area (Å²) in [4.78, 5) is 17.3. The van der Waals surface area contributed by atoms with Gasteiger partial charge >= 0.3 is 0 Å². The Kier molecular flexibility index (Phi) is 5.93. The molecular weight excluding hydrogens is 444 g/mol. The first-order chi connectivity index (χ1) is 16.6. The number of hydrogen-bond donors (Lipinski definition) is 2. The summed E-state index contributed by atoms with van der Waals surface area (Å²) in [5, 5.41) is 8.31. The van der Waals surface area contributed by atoms with Crippen LogP contribution in [0.2, 0.25) is 5.02 Å². The number of amidine groups is 1. The van der Waals surface area contributed by atoms with E-state index in [1.54, 1.807) is 12.1 Å². The number of hydrogen-bond acceptors (Lipinski definition) is 4. The smallest absolute Gasteiger partial charge is 0.255 e. The molecule has 0 atom stereocenters. The number of fused-ring (bicyclic) bond motifs is 1. The van der Waals surface area contributed by atoms with Gasteiger partial charge in [-0.1, -0.05) is 53.6 Å². The van der Waals surface area contributed by atoms with Gasteiger partial charge in [0.05, 0.1) is 11.4 Å². The Morgan fingerprint density at radius 1 is 0.853 bits per heavy atom. The summed E-state index contributed by atoms with van der Waals surface area (Å²) in [7, 11) is 0. The van der Waals surface area contributed by atoms with Gasteiger partial charge in [-0.25, -0.2) is 4.99 Å². The number of carbonyl (C=O) groups is 1. The minimum atomic E-state index is -0.149. The number of carbonyl (C=O) groups excluding carboxylic acids is 1. The molecule has 1 aliphatic rings. The van der Waals surface area contributed by atoms with Crippen LogP contribution in [0, 0.1) is 6.92 Å². The number of hydrazone groups is 1. The second kappa shape index (κ2) is 9.33. The molecule has 5 nitrogen and oxygen atoms in total. The van der Waals surface area contributed by atoms with Crippen LogP contribution in [0.4, 0.5) is 11.4 Å². The summed E-state index contributed by atoms with van der Waals surface area (Å²) in [5.41, 5.74) is 9.88. The molecule has 0 aliphatic carbocycles. The van der Waals surface area contributed by atoms with Crippen molar-refractivity contribution in [1.82, 2.24) is 5.43 Å². The molecule has 0 spiro atoms. The zero-order chi connectivity index (χ0) is 23.5. The number of benzene rings is 4. The third kappa shape index (κ3) is 4.60. The van der Waals surface area contributed by atoms with Crippen molar-refractivity contribution in [2.75, 3.05) is 5.32 Å². The summed E-state index contributed by atoms with van der Waals surface area (Å²) in [5.74, 6) is 0.493. The Balaban J connectivity index is 1.46. The maximum atomic E-state index is 12.5. The minimum absolute atomic E-state index is 0.149. The van der Waals surface area contributed by atoms with Crippen LogP contribution in [-0.4, -0.2) is 17.5 Å². The van der Waals surface area contributed by atoms with E-state index < -0.39 is 0 Å². The normalized spacial score (nSPS) is 12.5. The van der Waals surface area contributed by atoms with E-state index in [-0.39, 0.29) is 5.91 Å². The highest BCUT2D eigenvalue weighted by molar-refractivity contribution is 6.30. The van der Waals surface area contributed by atoms with Crippen molar-refractivity contribution in [2.45, 2.75) is 6.92 Å². The van der Waals surface area contributed by atoms with E-state index in [2.05, 4.69) is 16.8 Å². The Bertz CT molecular complexity index is 1410. The van der Waals surface area contributed by atoms with Gasteiger partial charge < -0.3 is 5.32 Å². The monoisotopic (exact) mass is 464 g/mol. The Labute approximate surface area is 202 Å². The molecule has 0 radical (unpaired) electrons. The number of rotatable bonds is 4. The molecule has 1 aliphatic heterocycles. The van der Waals surface area contributed by atoms with Gasteiger partial charge in [0.25, 0.3) is 5.91 Å². The average Bonchev–Trinajstić information content (AvgIpc) is 3.05. The lowest BCUT2D eigenvalue weighted by Crippen LogP contribution is -2.19. The van der Waals surface area contributed by atoms with Gasteiger partial charge in [-0.05, 0) is 67.6 Å². The Morgan fingerprint density at radius 2 is 1.56 bits per heavy atom. The molecule has 6 heteroatoms. The highest BCUT2D eigenvalue weighted by Crippen LogP contribution is 2.27. The molecule has 4 aromatic rings. The molecule has 0 aromatic heterocycles. The molecule has 1 heterocycles. The molecule has 166 valence electrons. The van der Waals surface area contributed by atoms with E-state index in [9.17, 15) is 4.79 Å². The predicted molar refractivity (Wildman–Crippen MR) is 138 cm³/mol. The van der Waals surface area contributed by atoms with Crippen LogP contribution >= 0.6 is 11.6 Å². The fourth-order valence-electron chi connectivity index (χ4n) is 3.71. The van der Waals surface area contributed by atoms with Crippen LogP contribution in [0.1, 0.15) is 32.6 Å². The maximum Gasteiger partial charge on any atom is 0.255 e. The minimum Gasteiger partial charge on any atom is -0.322 e. The number of nitrogens with zero attached hydrogens (tertiary/aromatic N) is 2. The number of nitrogens with one attached hydrogen (secondary N) is 2. The molecule has 0 saturated carbocycles. The van der Waals surface area contributed by atoms with Crippen molar-refractivity contribution in [3.8, 4) is 0 Å². The number of anilines is 1. The van der Waals surface area contributed by atoms with Crippen LogP contribution < -0.4 is 10.7 Å². The zero-order valence-electron chi connectivity index (χ0n) is 18.4. The van der Waals surface area contributed by atoms with Gasteiger partial charge in [-0.2, -0.15) is 5.10 Å². The fourth-order valence-corrected chi connectivity index (χ4v) is 3.84. The summed E-state index contributed by atoms with van der Waals surface area (Å²) in [6.07, 6.45) is 0. The summed E-state index contributed by atoms with van der Waals surface area (Å²) in [6.45, 7) is 2.04. The Morgan fingerprint density at radius 3 is 2.29 bits per heavy atom. The standard InChI is InChI=1S/C28H21ClN4O/c1-18-7-16-25-24(17-18)26(32-33-27(31-25)20-8-12-22(29)13-9-20)19-10-14-23(15-11-19)30-28(34)21-5-3-2-4-6-21/h2-17H,1H3,(H,30,34)(H,31,33). The first kappa shape index (κ1) is 21.6. The highest BCUT2D eigenvalue weighted by Gasteiger charge is 2.18. The molecule has 0 saturated heterocycles. The van der Waals surface area contributed by atoms with E-state index in [1.165, 1.54) is 0 Å². The van der Waals surface area contributed by atoms with Gasteiger partial charge in [0, 0.05) is 33.0 Å². The van der Waals surface area contributed by atoms with E-state index in [4.69, 9.17) is 21.7 Å². The van der Waals surface area contributed by atoms with E-state index in [1.807, 2.05) is 85.8 Å². The molecule has 0 fully saturated rings. The van der Waals surface area contributed by atoms with Crippen LogP contribution in [0.5, 0.6) is 0 Å². The van der Waals surface area contributed by atoms with Crippen LogP contribution in [0.3, 0.4) is 0 Å². The summed E-state index contributed by atoms with van der Waals surface area (Å²) < 4.78 is 0. The number of amides is 1. The SMILES string of the molecule is Cc1ccc2c(c1)C(c1ccc(NC(=O)c3ccccc3)cc1)=NNC(c1ccc(Cl)cc1)=N2. The topological polar surface area (TPSA) is 65.8 Å². The second-order valence-corrected chi connectivity index (χ2v) is 8.39. The summed E-state index contributed by atoms with van der Waals surface area (Å²) in [6, 6.07) is 30.4. The van der Waals surface area contributed by atoms with Crippen LogP contribution in [0.15, 0.2) is 107 Å². The predicted octanol–water partition coefficient (Wildman–Crippen LogP) is 6.33. The Hall–Kier alpha value is -4.22. The lowest BCUT2D eigenvalue weighted by Gasteiger charge is -2.10. The third-order valence-corrected chi connectivity index (χ3v) is 5.73. The molecule has 1 amide bonds. The molecule has 2 N–H and O–H groups in total. The fraction of sp³-hybridized carbons (Fsp3) is 0.0357. The van der Waals surface area contributed by atoms with Crippen molar-refractivity contribution >= 4 is 40.4 Å². The number of halogens is 1. The van der Waals surface area contributed by atoms with E-state index in [0.717, 1.165) is 33.7 Å². The number of aryl methyl sites for hydroxylation is 1. The van der Waals surface area contributed by atoms with E-state index in [0.29, 0.717) is 22.1 Å². The maximum absolute atomic E-state index is 12.5. The van der Waals surface area contributed by atoms with Gasteiger partial charge in [0.15, 0.2) is 5.84 Å². The quantitative estimate of drug-likeness (QED) is 0.370. The van der Waals surface area contributed by atoms with Crippen LogP contribution in [0.25, 0.3) is 0 Å². The van der Waals surface area contributed by atoms with Gasteiger partial charge in [0.1, 0.15) is 0 Å². The summed E-state index contributed by atoms with van der Waals surface area (Å²) >= 11 is 6.05. The molecular formula is C28H21ClN4O. The first-order valence-electron chi connectivity index (χ1n) is 10.8. The van der Waals surface area contributed by atoms with Crippen LogP contribution in [-0.2, 0) is 0 Å². The second-order valence-electron chi connectivity index (χ2n) is 7.96. The zero-order valence-corrected chi connectivity index (χ0v) is 19.2. The van der Waals surface area contributed by atoms with Crippen molar-refractivity contribution < 1.29 is 4.79 Å². The molecule has 34 heavy (non-hydrogen) atoms. The van der Waals surface area contributed by atoms with Crippen molar-refractivity contribution in [1.29, 1.82) is 0 Å². The van der Waals surface area contributed by atoms with Gasteiger partial charge in [-0.15, -0.1) is 0 Å². The highest BCUT2D eigenvalue weighted by atomic mass is 35.5. The number of aliphatic imine (C=N–C) groups is 1. The first-order valence-corrected chi connectivity index (χ1v) is 11.2. The lowest BCUT2D eigenvalue weighted by atomic mass is 9.99. The lowest BCUT2D eigenvalue weighted by molar-refractivity contribution is 0.102. The van der Waals surface area contributed by atoms with E-state index >= 15 is 0 Å². The van der Waals surface area contributed by atoms with Gasteiger partial charge in [-0.3, -0.25) is 10.2 Å². The van der Waals surface area contributed by atoms with Crippen molar-refractivity contribution in [3.63, 3.8) is 0 Å². The molecule has 0 unspecified atom stereocenters. The third-order valence-electron chi connectivity index (χ3n) is 5.48. The molecule has 4 aromatic carbocycles.